The van der Waals surface area contributed by atoms with Gasteiger partial charge in [-0.25, -0.2) is 12.8 Å². The Morgan fingerprint density at radius 2 is 1.96 bits per heavy atom. The van der Waals surface area contributed by atoms with Crippen molar-refractivity contribution in [3.05, 3.63) is 41.1 Å². The number of sulfone groups is 1. The molecule has 2 N–H and O–H groups in total. The zero-order valence-electron chi connectivity index (χ0n) is 12.5. The Labute approximate surface area is 133 Å². The highest BCUT2D eigenvalue weighted by Gasteiger charge is 2.23. The third kappa shape index (κ3) is 5.17. The highest BCUT2D eigenvalue weighted by atomic mass is 32.2. The van der Waals surface area contributed by atoms with Gasteiger partial charge >= 0.3 is 0 Å². The summed E-state index contributed by atoms with van der Waals surface area (Å²) in [4.78, 5) is 23.4. The lowest BCUT2D eigenvalue weighted by Crippen LogP contribution is -2.35. The summed E-state index contributed by atoms with van der Waals surface area (Å²) in [6.07, 6.45) is 1.17. The van der Waals surface area contributed by atoms with Crippen molar-refractivity contribution < 1.29 is 22.4 Å². The fourth-order valence-corrected chi connectivity index (χ4v) is 3.35. The Morgan fingerprint density at radius 3 is 2.61 bits per heavy atom. The van der Waals surface area contributed by atoms with E-state index in [9.17, 15) is 22.4 Å². The number of anilines is 1. The smallest absolute Gasteiger partial charge is 0.224 e. The van der Waals surface area contributed by atoms with Crippen LogP contribution in [0.25, 0.3) is 0 Å². The van der Waals surface area contributed by atoms with Gasteiger partial charge in [-0.05, 0) is 30.7 Å². The minimum Gasteiger partial charge on any atom is -0.349 e. The molecule has 1 aromatic carbocycles. The third-order valence-corrected chi connectivity index (χ3v) is 4.65. The zero-order valence-corrected chi connectivity index (χ0v) is 13.3. The van der Waals surface area contributed by atoms with Gasteiger partial charge < -0.3 is 10.6 Å². The van der Waals surface area contributed by atoms with Crippen LogP contribution in [0.2, 0.25) is 0 Å². The van der Waals surface area contributed by atoms with Crippen LogP contribution in [0.15, 0.2) is 29.7 Å². The molecule has 0 fully saturated rings. The van der Waals surface area contributed by atoms with Crippen LogP contribution >= 0.6 is 0 Å². The zero-order chi connectivity index (χ0) is 17.0. The monoisotopic (exact) mass is 340 g/mol. The number of benzene rings is 1. The summed E-state index contributed by atoms with van der Waals surface area (Å²) in [7, 11) is -3.24. The molecule has 0 radical (unpaired) electrons. The lowest BCUT2D eigenvalue weighted by Gasteiger charge is -2.10. The molecule has 0 aliphatic carbocycles. The van der Waals surface area contributed by atoms with Crippen LogP contribution < -0.4 is 10.6 Å². The number of carbonyl (C=O) groups excluding carboxylic acids is 2. The SMILES string of the molecule is Cc1ccc(F)c(NC(=O)CCC(=O)N[C@H]2C=CS(=O)(=O)C2)c1. The van der Waals surface area contributed by atoms with E-state index in [1.165, 1.54) is 18.2 Å². The molecule has 8 heteroatoms. The number of nitrogens with one attached hydrogen (secondary N) is 2. The Balaban J connectivity index is 1.79. The van der Waals surface area contributed by atoms with E-state index in [-0.39, 0.29) is 24.3 Å². The molecule has 0 spiro atoms. The van der Waals surface area contributed by atoms with Crippen molar-refractivity contribution in [1.82, 2.24) is 5.32 Å². The highest BCUT2D eigenvalue weighted by Crippen LogP contribution is 2.16. The van der Waals surface area contributed by atoms with E-state index in [0.29, 0.717) is 0 Å². The van der Waals surface area contributed by atoms with E-state index in [2.05, 4.69) is 10.6 Å². The van der Waals surface area contributed by atoms with Crippen LogP contribution in [0.5, 0.6) is 0 Å². The van der Waals surface area contributed by atoms with E-state index < -0.39 is 33.5 Å². The van der Waals surface area contributed by atoms with Crippen molar-refractivity contribution in [3.8, 4) is 0 Å². The van der Waals surface area contributed by atoms with Gasteiger partial charge in [-0.1, -0.05) is 6.07 Å². The van der Waals surface area contributed by atoms with E-state index in [1.54, 1.807) is 13.0 Å². The molecular weight excluding hydrogens is 323 g/mol. The van der Waals surface area contributed by atoms with Gasteiger partial charge in [0, 0.05) is 18.2 Å². The van der Waals surface area contributed by atoms with Crippen LogP contribution in [-0.2, 0) is 19.4 Å². The van der Waals surface area contributed by atoms with Gasteiger partial charge in [0.05, 0.1) is 17.5 Å². The van der Waals surface area contributed by atoms with Crippen LogP contribution in [0.3, 0.4) is 0 Å². The molecule has 0 saturated heterocycles. The number of carbonyl (C=O) groups is 2. The molecule has 0 saturated carbocycles. The van der Waals surface area contributed by atoms with E-state index in [4.69, 9.17) is 0 Å². The predicted molar refractivity (Wildman–Crippen MR) is 83.9 cm³/mol. The van der Waals surface area contributed by atoms with Gasteiger partial charge in [0.15, 0.2) is 9.84 Å². The highest BCUT2D eigenvalue weighted by molar-refractivity contribution is 7.94. The molecule has 6 nitrogen and oxygen atoms in total. The van der Waals surface area contributed by atoms with E-state index in [1.807, 2.05) is 0 Å². The summed E-state index contributed by atoms with van der Waals surface area (Å²) in [5.41, 5.74) is 0.869. The van der Waals surface area contributed by atoms with Crippen LogP contribution in [0, 0.1) is 12.7 Å². The molecule has 0 unspecified atom stereocenters. The van der Waals surface area contributed by atoms with Gasteiger partial charge in [-0.2, -0.15) is 0 Å². The maximum absolute atomic E-state index is 13.5. The van der Waals surface area contributed by atoms with E-state index in [0.717, 1.165) is 11.0 Å². The van der Waals surface area contributed by atoms with Crippen molar-refractivity contribution in [2.75, 3.05) is 11.1 Å². The van der Waals surface area contributed by atoms with Crippen LogP contribution in [0.4, 0.5) is 10.1 Å². The number of hydrogen-bond acceptors (Lipinski definition) is 4. The summed E-state index contributed by atoms with van der Waals surface area (Å²) < 4.78 is 35.9. The van der Waals surface area contributed by atoms with Gasteiger partial charge in [-0.15, -0.1) is 0 Å². The summed E-state index contributed by atoms with van der Waals surface area (Å²) in [6.45, 7) is 1.77. The fraction of sp³-hybridized carbons (Fsp3) is 0.333. The molecule has 124 valence electrons. The van der Waals surface area contributed by atoms with Gasteiger partial charge in [0.25, 0.3) is 0 Å². The number of aryl methyl sites for hydroxylation is 1. The molecule has 1 heterocycles. The topological polar surface area (TPSA) is 92.3 Å². The number of rotatable bonds is 5. The molecule has 0 bridgehead atoms. The number of halogens is 1. The Hall–Kier alpha value is -2.22. The average Bonchev–Trinajstić information content (AvgIpc) is 2.79. The molecule has 1 atom stereocenters. The molecular formula is C15H17FN2O4S. The third-order valence-electron chi connectivity index (χ3n) is 3.25. The lowest BCUT2D eigenvalue weighted by molar-refractivity contribution is -0.124. The standard InChI is InChI=1S/C15H17FN2O4S/c1-10-2-3-12(16)13(8-10)18-15(20)5-4-14(19)17-11-6-7-23(21,22)9-11/h2-3,6-8,11H,4-5,9H2,1H3,(H,17,19)(H,18,20)/t11-/m0/s1. The summed E-state index contributed by atoms with van der Waals surface area (Å²) in [6, 6.07) is 3.78. The summed E-state index contributed by atoms with van der Waals surface area (Å²) >= 11 is 0. The molecule has 1 aromatic rings. The van der Waals surface area contributed by atoms with Crippen molar-refractivity contribution >= 4 is 27.3 Å². The number of amides is 2. The first kappa shape index (κ1) is 17.1. The van der Waals surface area contributed by atoms with Crippen LogP contribution in [-0.4, -0.2) is 32.0 Å². The van der Waals surface area contributed by atoms with Gasteiger partial charge in [0.1, 0.15) is 5.82 Å². The van der Waals surface area contributed by atoms with Gasteiger partial charge in [-0.3, -0.25) is 9.59 Å². The second-order valence-corrected chi connectivity index (χ2v) is 7.29. The largest absolute Gasteiger partial charge is 0.349 e. The van der Waals surface area contributed by atoms with E-state index >= 15 is 0 Å². The maximum atomic E-state index is 13.5. The lowest BCUT2D eigenvalue weighted by atomic mass is 10.2. The quantitative estimate of drug-likeness (QED) is 0.844. The summed E-state index contributed by atoms with van der Waals surface area (Å²) in [5, 5.41) is 5.99. The second kappa shape index (κ2) is 6.91. The number of hydrogen-bond donors (Lipinski definition) is 2. The minimum absolute atomic E-state index is 0.0697. The minimum atomic E-state index is -3.24. The molecule has 23 heavy (non-hydrogen) atoms. The van der Waals surface area contributed by atoms with Crippen molar-refractivity contribution in [1.29, 1.82) is 0 Å². The van der Waals surface area contributed by atoms with Crippen molar-refractivity contribution in [2.45, 2.75) is 25.8 Å². The first-order valence-electron chi connectivity index (χ1n) is 7.01. The average molecular weight is 340 g/mol. The van der Waals surface area contributed by atoms with Crippen LogP contribution in [0.1, 0.15) is 18.4 Å². The van der Waals surface area contributed by atoms with Gasteiger partial charge in [0.2, 0.25) is 11.8 Å². The Kier molecular flexibility index (Phi) is 5.15. The Morgan fingerprint density at radius 1 is 1.26 bits per heavy atom. The molecule has 2 rings (SSSR count). The van der Waals surface area contributed by atoms with Crippen molar-refractivity contribution in [2.24, 2.45) is 0 Å². The molecule has 1 aliphatic rings. The van der Waals surface area contributed by atoms with Crippen molar-refractivity contribution in [3.63, 3.8) is 0 Å². The maximum Gasteiger partial charge on any atom is 0.224 e. The fourth-order valence-electron chi connectivity index (χ4n) is 2.12. The molecule has 0 aromatic heterocycles. The summed E-state index contributed by atoms with van der Waals surface area (Å²) in [5.74, 6) is -1.63. The Bertz CT molecular complexity index is 759. The normalized spacial score (nSPS) is 18.6. The first-order valence-corrected chi connectivity index (χ1v) is 8.73. The molecule has 2 amide bonds. The second-order valence-electron chi connectivity index (χ2n) is 5.36. The molecule has 1 aliphatic heterocycles. The predicted octanol–water partition coefficient (Wildman–Crippen LogP) is 1.28. The first-order chi connectivity index (χ1) is 10.7.